The second-order valence-electron chi connectivity index (χ2n) is 2.29. The van der Waals surface area contributed by atoms with Crippen LogP contribution in [0.25, 0.3) is 0 Å². The minimum absolute atomic E-state index is 0.333. The first-order chi connectivity index (χ1) is 6.50. The molecule has 0 atom stereocenters. The van der Waals surface area contributed by atoms with Crippen LogP contribution in [-0.4, -0.2) is 9.97 Å². The third-order valence-corrected chi connectivity index (χ3v) is 2.37. The molecule has 0 unspecified atom stereocenters. The van der Waals surface area contributed by atoms with Gasteiger partial charge in [-0.1, -0.05) is 23.2 Å². The smallest absolute Gasteiger partial charge is 0.306 e. The summed E-state index contributed by atoms with van der Waals surface area (Å²) < 4.78 is 0.377. The van der Waals surface area contributed by atoms with E-state index in [-0.39, 0.29) is 0 Å². The molecular weight excluding hydrogens is 270 g/mol. The van der Waals surface area contributed by atoms with Crippen LogP contribution >= 0.6 is 46.8 Å². The number of anilines is 1. The van der Waals surface area contributed by atoms with Crippen LogP contribution in [-0.2, 0) is 0 Å². The first-order valence-electron chi connectivity index (χ1n) is 3.38. The highest BCUT2D eigenvalue weighted by molar-refractivity contribution is 6.43. The lowest BCUT2D eigenvalue weighted by Gasteiger charge is -2.07. The second kappa shape index (κ2) is 4.94. The highest BCUT2D eigenvalue weighted by atomic mass is 35.5. The number of amides is 2. The number of urea groups is 1. The second-order valence-corrected chi connectivity index (χ2v) is 3.96. The molecule has 1 aromatic rings. The molecule has 0 aliphatic rings. The number of carbonyl (C=O) groups is 1. The summed E-state index contributed by atoms with van der Waals surface area (Å²) in [6.45, 7) is 0. The summed E-state index contributed by atoms with van der Waals surface area (Å²) in [5.41, 5.74) is 0.454. The van der Waals surface area contributed by atoms with Gasteiger partial charge in [0.25, 0.3) is 0 Å². The van der Waals surface area contributed by atoms with E-state index in [0.717, 1.165) is 0 Å². The lowest BCUT2D eigenvalue weighted by atomic mass is 10.3. The van der Waals surface area contributed by atoms with Gasteiger partial charge in [0.1, 0.15) is 0 Å². The van der Waals surface area contributed by atoms with Crippen molar-refractivity contribution in [2.24, 2.45) is 0 Å². The maximum absolute atomic E-state index is 11.0. The quantitative estimate of drug-likeness (QED) is 0.767. The van der Waals surface area contributed by atoms with E-state index in [1.54, 1.807) is 12.1 Å². The molecule has 0 heterocycles. The minimum Gasteiger partial charge on any atom is -0.306 e. The summed E-state index contributed by atoms with van der Waals surface area (Å²) in [5, 5.41) is 3.12. The zero-order valence-electron chi connectivity index (χ0n) is 6.60. The fraction of sp³-hybridized carbons (Fsp3) is 0. The SMILES string of the molecule is O=C(Nc1ccc(Cl)c(Cl)c1)N(Cl)Cl. The Morgan fingerprint density at radius 3 is 2.36 bits per heavy atom. The van der Waals surface area contributed by atoms with Gasteiger partial charge in [0.2, 0.25) is 0 Å². The number of nitrogens with zero attached hydrogens (tertiary/aromatic N) is 1. The van der Waals surface area contributed by atoms with Gasteiger partial charge in [-0.3, -0.25) is 0 Å². The minimum atomic E-state index is -0.674. The van der Waals surface area contributed by atoms with Crippen molar-refractivity contribution >= 4 is 58.5 Å². The number of hydrogen-bond acceptors (Lipinski definition) is 1. The fourth-order valence-electron chi connectivity index (χ4n) is 0.740. The van der Waals surface area contributed by atoms with Crippen LogP contribution in [0.2, 0.25) is 10.0 Å². The normalized spacial score (nSPS) is 9.71. The predicted octanol–water partition coefficient (Wildman–Crippen LogP) is 4.13. The lowest BCUT2D eigenvalue weighted by Crippen LogP contribution is -2.18. The third-order valence-electron chi connectivity index (χ3n) is 1.32. The number of rotatable bonds is 1. The zero-order valence-corrected chi connectivity index (χ0v) is 9.62. The van der Waals surface area contributed by atoms with Gasteiger partial charge < -0.3 is 5.32 Å². The molecule has 0 aliphatic heterocycles. The van der Waals surface area contributed by atoms with Gasteiger partial charge in [-0.05, 0) is 18.2 Å². The summed E-state index contributed by atoms with van der Waals surface area (Å²) in [5.74, 6) is 0. The summed E-state index contributed by atoms with van der Waals surface area (Å²) in [6, 6.07) is 3.93. The maximum Gasteiger partial charge on any atom is 0.351 e. The Morgan fingerprint density at radius 2 is 1.86 bits per heavy atom. The van der Waals surface area contributed by atoms with Gasteiger partial charge in [0.05, 0.1) is 10.0 Å². The summed E-state index contributed by atoms with van der Waals surface area (Å²) in [7, 11) is 0. The molecule has 14 heavy (non-hydrogen) atoms. The average molecular weight is 274 g/mol. The number of hydrogen-bond donors (Lipinski definition) is 1. The summed E-state index contributed by atoms with van der Waals surface area (Å²) in [6.07, 6.45) is 0. The molecule has 0 bridgehead atoms. The standard InChI is InChI=1S/C7H4Cl4N2O/c8-5-2-1-4(3-6(5)9)12-7(14)13(10)11/h1-3H,(H,12,14). The Kier molecular flexibility index (Phi) is 4.13. The van der Waals surface area contributed by atoms with Crippen molar-refractivity contribution < 1.29 is 4.79 Å². The van der Waals surface area contributed by atoms with Crippen molar-refractivity contribution in [3.8, 4) is 0 Å². The van der Waals surface area contributed by atoms with Gasteiger partial charge >= 0.3 is 6.03 Å². The van der Waals surface area contributed by atoms with Crippen LogP contribution in [0.5, 0.6) is 0 Å². The van der Waals surface area contributed by atoms with Crippen LogP contribution in [0, 0.1) is 0 Å². The molecular formula is C7H4Cl4N2O. The van der Waals surface area contributed by atoms with E-state index in [2.05, 4.69) is 5.32 Å². The summed E-state index contributed by atoms with van der Waals surface area (Å²) >= 11 is 21.7. The van der Waals surface area contributed by atoms with E-state index in [4.69, 9.17) is 46.8 Å². The average Bonchev–Trinajstić information content (AvgIpc) is 2.11. The van der Waals surface area contributed by atoms with E-state index >= 15 is 0 Å². The van der Waals surface area contributed by atoms with Crippen LogP contribution in [0.3, 0.4) is 0 Å². The van der Waals surface area contributed by atoms with Crippen molar-refractivity contribution in [2.45, 2.75) is 0 Å². The van der Waals surface area contributed by atoms with Gasteiger partial charge in [0, 0.05) is 29.2 Å². The maximum atomic E-state index is 11.0. The first kappa shape index (κ1) is 11.7. The van der Waals surface area contributed by atoms with Crippen LogP contribution in [0.4, 0.5) is 10.5 Å². The molecule has 0 aliphatic carbocycles. The number of nitrogens with one attached hydrogen (secondary N) is 1. The zero-order chi connectivity index (χ0) is 10.7. The Labute approximate surface area is 101 Å². The molecule has 3 nitrogen and oxygen atoms in total. The molecule has 0 fully saturated rings. The summed E-state index contributed by atoms with van der Waals surface area (Å²) in [4.78, 5) is 11.0. The largest absolute Gasteiger partial charge is 0.351 e. The highest BCUT2D eigenvalue weighted by Crippen LogP contribution is 2.25. The first-order valence-corrected chi connectivity index (χ1v) is 4.81. The molecule has 7 heteroatoms. The fourth-order valence-corrected chi connectivity index (χ4v) is 1.12. The van der Waals surface area contributed by atoms with E-state index in [1.807, 2.05) is 0 Å². The Balaban J connectivity index is 2.78. The van der Waals surface area contributed by atoms with Crippen molar-refractivity contribution in [2.75, 3.05) is 5.32 Å². The Hall–Kier alpha value is -0.350. The van der Waals surface area contributed by atoms with E-state index in [9.17, 15) is 4.79 Å². The molecule has 0 saturated heterocycles. The molecule has 2 amide bonds. The van der Waals surface area contributed by atoms with Gasteiger partial charge in [0.15, 0.2) is 0 Å². The molecule has 1 N–H and O–H groups in total. The van der Waals surface area contributed by atoms with Gasteiger partial charge in [-0.15, -0.1) is 3.94 Å². The lowest BCUT2D eigenvalue weighted by molar-refractivity contribution is 0.248. The Bertz CT molecular complexity index is 356. The van der Waals surface area contributed by atoms with E-state index in [1.165, 1.54) is 6.07 Å². The number of halogens is 4. The topological polar surface area (TPSA) is 32.3 Å². The highest BCUT2D eigenvalue weighted by Gasteiger charge is 2.08. The van der Waals surface area contributed by atoms with Crippen molar-refractivity contribution in [1.82, 2.24) is 3.94 Å². The molecule has 1 rings (SSSR count). The predicted molar refractivity (Wildman–Crippen MR) is 59.0 cm³/mol. The number of carbonyl (C=O) groups excluding carboxylic acids is 1. The van der Waals surface area contributed by atoms with E-state index < -0.39 is 6.03 Å². The van der Waals surface area contributed by atoms with E-state index in [0.29, 0.717) is 19.7 Å². The van der Waals surface area contributed by atoms with Crippen LogP contribution in [0.15, 0.2) is 18.2 Å². The molecule has 76 valence electrons. The van der Waals surface area contributed by atoms with Crippen molar-refractivity contribution in [3.63, 3.8) is 0 Å². The van der Waals surface area contributed by atoms with Gasteiger partial charge in [-0.2, -0.15) is 0 Å². The third kappa shape index (κ3) is 3.10. The molecule has 0 spiro atoms. The van der Waals surface area contributed by atoms with Gasteiger partial charge in [-0.25, -0.2) is 4.79 Å². The van der Waals surface area contributed by atoms with Crippen molar-refractivity contribution in [1.29, 1.82) is 0 Å². The van der Waals surface area contributed by atoms with Crippen LogP contribution in [0.1, 0.15) is 0 Å². The van der Waals surface area contributed by atoms with Crippen LogP contribution < -0.4 is 5.32 Å². The molecule has 1 aromatic carbocycles. The molecule has 0 saturated carbocycles. The monoisotopic (exact) mass is 272 g/mol. The van der Waals surface area contributed by atoms with Crippen molar-refractivity contribution in [3.05, 3.63) is 28.2 Å². The molecule has 0 radical (unpaired) electrons. The molecule has 0 aromatic heterocycles. The Morgan fingerprint density at radius 1 is 1.21 bits per heavy atom. The number of benzene rings is 1.